The van der Waals surface area contributed by atoms with Gasteiger partial charge in [-0.15, -0.1) is 0 Å². The van der Waals surface area contributed by atoms with Crippen LogP contribution in [-0.2, 0) is 11.3 Å². The van der Waals surface area contributed by atoms with Gasteiger partial charge in [-0.3, -0.25) is 18.9 Å². The Labute approximate surface area is 199 Å². The molecule has 2 aliphatic heterocycles. The molecule has 2 fully saturated rings. The third-order valence-corrected chi connectivity index (χ3v) is 7.71. The predicted molar refractivity (Wildman–Crippen MR) is 136 cm³/mol. The highest BCUT2D eigenvalue weighted by atomic mass is 32.2. The van der Waals surface area contributed by atoms with E-state index in [0.717, 1.165) is 30.2 Å². The number of carbonyl (C=O) groups is 1. The number of benzene rings is 1. The number of thioether (sulfide) groups is 2. The summed E-state index contributed by atoms with van der Waals surface area (Å²) in [5.41, 5.74) is 1.85. The van der Waals surface area contributed by atoms with Gasteiger partial charge < -0.3 is 4.90 Å². The van der Waals surface area contributed by atoms with Crippen LogP contribution in [0.25, 0.3) is 11.7 Å². The number of nitrogens with zero attached hydrogens (tertiary/aromatic N) is 4. The minimum Gasteiger partial charge on any atom is -0.354 e. The zero-order valence-corrected chi connectivity index (χ0v) is 19.6. The first-order valence-electron chi connectivity index (χ1n) is 10.3. The molecule has 0 saturated carbocycles. The zero-order valence-electron chi connectivity index (χ0n) is 17.1. The summed E-state index contributed by atoms with van der Waals surface area (Å²) in [4.78, 5) is 35.6. The van der Waals surface area contributed by atoms with Crippen molar-refractivity contribution in [2.75, 3.05) is 29.5 Å². The van der Waals surface area contributed by atoms with E-state index in [9.17, 15) is 9.59 Å². The molecule has 3 aromatic rings. The molecule has 5 rings (SSSR count). The molecule has 1 aromatic carbocycles. The Bertz CT molecular complexity index is 1280. The second-order valence-electron chi connectivity index (χ2n) is 7.44. The van der Waals surface area contributed by atoms with Crippen molar-refractivity contribution in [2.45, 2.75) is 6.54 Å². The molecule has 2 aromatic heterocycles. The SMILES string of the molecule is O=C1/C(=C\c2c(N3CCSCC3)nc3ccccn3c2=O)SC(=S)N1Cc1ccccc1. The highest BCUT2D eigenvalue weighted by Crippen LogP contribution is 2.34. The van der Waals surface area contributed by atoms with Crippen LogP contribution in [0.2, 0.25) is 0 Å². The average molecular weight is 481 g/mol. The van der Waals surface area contributed by atoms with Crippen LogP contribution in [0.4, 0.5) is 5.82 Å². The molecule has 0 aliphatic carbocycles. The van der Waals surface area contributed by atoms with Crippen molar-refractivity contribution in [1.29, 1.82) is 0 Å². The lowest BCUT2D eigenvalue weighted by Gasteiger charge is -2.28. The Hall–Kier alpha value is -2.62. The molecule has 0 unspecified atom stereocenters. The smallest absolute Gasteiger partial charge is 0.267 e. The highest BCUT2D eigenvalue weighted by molar-refractivity contribution is 8.26. The van der Waals surface area contributed by atoms with Gasteiger partial charge in [0, 0.05) is 30.8 Å². The van der Waals surface area contributed by atoms with E-state index >= 15 is 0 Å². The van der Waals surface area contributed by atoms with E-state index in [0.29, 0.717) is 32.8 Å². The van der Waals surface area contributed by atoms with Gasteiger partial charge in [0.05, 0.1) is 17.0 Å². The Morgan fingerprint density at radius 3 is 2.56 bits per heavy atom. The first-order chi connectivity index (χ1) is 15.6. The van der Waals surface area contributed by atoms with Crippen molar-refractivity contribution in [3.8, 4) is 0 Å². The number of pyridine rings is 1. The quantitative estimate of drug-likeness (QED) is 0.417. The lowest BCUT2D eigenvalue weighted by molar-refractivity contribution is -0.122. The van der Waals surface area contributed by atoms with Crippen LogP contribution in [0.15, 0.2) is 64.4 Å². The summed E-state index contributed by atoms with van der Waals surface area (Å²) in [7, 11) is 0. The molecule has 2 saturated heterocycles. The molecule has 6 nitrogen and oxygen atoms in total. The lowest BCUT2D eigenvalue weighted by Crippen LogP contribution is -2.35. The maximum Gasteiger partial charge on any atom is 0.267 e. The summed E-state index contributed by atoms with van der Waals surface area (Å²) in [6.07, 6.45) is 3.38. The maximum atomic E-state index is 13.4. The summed E-state index contributed by atoms with van der Waals surface area (Å²) in [6.45, 7) is 2.04. The Balaban J connectivity index is 1.56. The Kier molecular flexibility index (Phi) is 6.03. The summed E-state index contributed by atoms with van der Waals surface area (Å²) in [5.74, 6) is 2.42. The minimum absolute atomic E-state index is 0.179. The fourth-order valence-electron chi connectivity index (χ4n) is 3.77. The second-order valence-corrected chi connectivity index (χ2v) is 10.3. The van der Waals surface area contributed by atoms with E-state index in [2.05, 4.69) is 4.90 Å². The van der Waals surface area contributed by atoms with Crippen molar-refractivity contribution in [3.05, 3.63) is 81.1 Å². The number of carbonyl (C=O) groups excluding carboxylic acids is 1. The van der Waals surface area contributed by atoms with Crippen molar-refractivity contribution < 1.29 is 4.79 Å². The number of hydrogen-bond acceptors (Lipinski definition) is 7. The number of amides is 1. The van der Waals surface area contributed by atoms with Gasteiger partial charge in [-0.1, -0.05) is 60.4 Å². The average Bonchev–Trinajstić information content (AvgIpc) is 3.09. The summed E-state index contributed by atoms with van der Waals surface area (Å²) in [6, 6.07) is 15.2. The van der Waals surface area contributed by atoms with Crippen LogP contribution in [-0.4, -0.2) is 49.1 Å². The van der Waals surface area contributed by atoms with Crippen molar-refractivity contribution in [3.63, 3.8) is 0 Å². The van der Waals surface area contributed by atoms with E-state index in [1.807, 2.05) is 54.2 Å². The van der Waals surface area contributed by atoms with Crippen LogP contribution in [0.1, 0.15) is 11.1 Å². The van der Waals surface area contributed by atoms with Crippen LogP contribution < -0.4 is 10.5 Å². The summed E-state index contributed by atoms with van der Waals surface area (Å²) >= 11 is 8.62. The fraction of sp³-hybridized carbons (Fsp3) is 0.217. The molecule has 0 radical (unpaired) electrons. The summed E-state index contributed by atoms with van der Waals surface area (Å²) in [5, 5.41) is 0. The van der Waals surface area contributed by atoms with Crippen LogP contribution in [0.5, 0.6) is 0 Å². The van der Waals surface area contributed by atoms with E-state index in [4.69, 9.17) is 17.2 Å². The largest absolute Gasteiger partial charge is 0.354 e. The molecule has 0 N–H and O–H groups in total. The number of hydrogen-bond donors (Lipinski definition) is 0. The maximum absolute atomic E-state index is 13.4. The standard InChI is InChI=1S/C23H20N4O2S3/c28-21-17(14-18-22(29)27(23(30)32-18)15-16-6-2-1-3-7-16)20(25-10-12-31-13-11-25)24-19-8-4-5-9-26(19)21/h1-9,14H,10-13,15H2/b18-14+. The van der Waals surface area contributed by atoms with Gasteiger partial charge >= 0.3 is 0 Å². The van der Waals surface area contributed by atoms with E-state index in [1.54, 1.807) is 23.2 Å². The van der Waals surface area contributed by atoms with E-state index in [1.165, 1.54) is 16.2 Å². The number of fused-ring (bicyclic) bond motifs is 1. The van der Waals surface area contributed by atoms with Crippen LogP contribution >= 0.6 is 35.7 Å². The third kappa shape index (κ3) is 4.07. The van der Waals surface area contributed by atoms with Crippen LogP contribution in [0.3, 0.4) is 0 Å². The van der Waals surface area contributed by atoms with E-state index in [-0.39, 0.29) is 11.5 Å². The molecule has 0 atom stereocenters. The van der Waals surface area contributed by atoms with Crippen LogP contribution in [0, 0.1) is 0 Å². The van der Waals surface area contributed by atoms with Gasteiger partial charge in [0.25, 0.3) is 11.5 Å². The first-order valence-corrected chi connectivity index (χ1v) is 12.6. The lowest BCUT2D eigenvalue weighted by atomic mass is 10.2. The van der Waals surface area contributed by atoms with Gasteiger partial charge in [-0.2, -0.15) is 11.8 Å². The molecule has 32 heavy (non-hydrogen) atoms. The molecule has 162 valence electrons. The minimum atomic E-state index is -0.183. The van der Waals surface area contributed by atoms with Crippen molar-refractivity contribution in [2.24, 2.45) is 0 Å². The van der Waals surface area contributed by atoms with Crippen molar-refractivity contribution >= 4 is 63.5 Å². The number of aromatic nitrogens is 2. The molecular formula is C23H20N4O2S3. The van der Waals surface area contributed by atoms with E-state index < -0.39 is 0 Å². The molecule has 4 heterocycles. The second kappa shape index (κ2) is 9.09. The normalized spacial score (nSPS) is 18.2. The van der Waals surface area contributed by atoms with Gasteiger partial charge in [0.2, 0.25) is 0 Å². The molecule has 9 heteroatoms. The first kappa shape index (κ1) is 21.2. The third-order valence-electron chi connectivity index (χ3n) is 5.39. The van der Waals surface area contributed by atoms with Gasteiger partial charge in [-0.25, -0.2) is 4.98 Å². The Morgan fingerprint density at radius 2 is 1.78 bits per heavy atom. The monoisotopic (exact) mass is 480 g/mol. The molecule has 2 aliphatic rings. The topological polar surface area (TPSA) is 57.9 Å². The Morgan fingerprint density at radius 1 is 1.03 bits per heavy atom. The molecule has 0 spiro atoms. The fourth-order valence-corrected chi connectivity index (χ4v) is 5.91. The number of anilines is 1. The number of thiocarbonyl (C=S) groups is 1. The number of rotatable bonds is 4. The molecular weight excluding hydrogens is 460 g/mol. The van der Waals surface area contributed by atoms with Crippen molar-refractivity contribution in [1.82, 2.24) is 14.3 Å². The molecule has 1 amide bonds. The predicted octanol–water partition coefficient (Wildman–Crippen LogP) is 3.65. The highest BCUT2D eigenvalue weighted by Gasteiger charge is 2.33. The molecule has 0 bridgehead atoms. The van der Waals surface area contributed by atoms with Gasteiger partial charge in [0.1, 0.15) is 15.8 Å². The summed E-state index contributed by atoms with van der Waals surface area (Å²) < 4.78 is 2.02. The zero-order chi connectivity index (χ0) is 22.1. The van der Waals surface area contributed by atoms with Gasteiger partial charge in [0.15, 0.2) is 0 Å². The van der Waals surface area contributed by atoms with Gasteiger partial charge in [-0.05, 0) is 23.8 Å².